The Hall–Kier alpha value is -4.01. The first kappa shape index (κ1) is 26.6. The van der Waals surface area contributed by atoms with Gasteiger partial charge < -0.3 is 19.3 Å². The van der Waals surface area contributed by atoms with Crippen molar-refractivity contribution in [3.8, 4) is 17.2 Å². The van der Waals surface area contributed by atoms with Gasteiger partial charge in [-0.25, -0.2) is 9.29 Å². The summed E-state index contributed by atoms with van der Waals surface area (Å²) >= 11 is 0. The quantitative estimate of drug-likeness (QED) is 0.221. The Morgan fingerprint density at radius 2 is 1.44 bits per heavy atom. The third-order valence-corrected chi connectivity index (χ3v) is 6.92. The van der Waals surface area contributed by atoms with Crippen molar-refractivity contribution in [3.05, 3.63) is 89.8 Å². The Kier molecular flexibility index (Phi) is 8.34. The van der Waals surface area contributed by atoms with Gasteiger partial charge in [-0.3, -0.25) is 9.59 Å². The molecule has 2 heterocycles. The van der Waals surface area contributed by atoms with E-state index in [1.165, 1.54) is 17.0 Å². The van der Waals surface area contributed by atoms with E-state index in [1.54, 1.807) is 54.6 Å². The van der Waals surface area contributed by atoms with E-state index in [1.807, 2.05) is 12.1 Å². The molecule has 0 unspecified atom stereocenters. The molecule has 0 aromatic heterocycles. The van der Waals surface area contributed by atoms with Crippen LogP contribution in [0.3, 0.4) is 0 Å². The minimum atomic E-state index is -0.328. The number of hydrogen-bond donors (Lipinski definition) is 0. The van der Waals surface area contributed by atoms with Gasteiger partial charge in [0.25, 0.3) is 5.91 Å². The highest BCUT2D eigenvalue weighted by Crippen LogP contribution is 2.29. The molecular formula is C31H32FN3O4. The number of nitrogens with zero attached hydrogens (tertiary/aromatic N) is 3. The SMILES string of the molecule is CN1CCN(CCCOc2ccc(N3C(=O)CC(=Cc4ccc(Oc5ccc(F)cc5)cc4)C3=O)cc2)CC1. The van der Waals surface area contributed by atoms with Crippen molar-refractivity contribution in [2.45, 2.75) is 12.8 Å². The topological polar surface area (TPSA) is 62.3 Å². The van der Waals surface area contributed by atoms with Crippen LogP contribution in [0.1, 0.15) is 18.4 Å². The Morgan fingerprint density at radius 1 is 0.821 bits per heavy atom. The van der Waals surface area contributed by atoms with Crippen LogP contribution in [0.5, 0.6) is 17.2 Å². The number of ether oxygens (including phenoxy) is 2. The molecule has 7 nitrogen and oxygen atoms in total. The summed E-state index contributed by atoms with van der Waals surface area (Å²) in [5.41, 5.74) is 1.73. The highest BCUT2D eigenvalue weighted by Gasteiger charge is 2.34. The number of hydrogen-bond acceptors (Lipinski definition) is 6. The lowest BCUT2D eigenvalue weighted by Crippen LogP contribution is -2.44. The molecule has 2 aliphatic rings. The van der Waals surface area contributed by atoms with Gasteiger partial charge in [-0.15, -0.1) is 0 Å². The summed E-state index contributed by atoms with van der Waals surface area (Å²) in [6, 6.07) is 20.0. The maximum absolute atomic E-state index is 13.1. The zero-order valence-corrected chi connectivity index (χ0v) is 22.0. The molecule has 202 valence electrons. The average molecular weight is 530 g/mol. The van der Waals surface area contributed by atoms with Crippen molar-refractivity contribution >= 4 is 23.6 Å². The number of carbonyl (C=O) groups is 2. The molecule has 3 aromatic rings. The van der Waals surface area contributed by atoms with Crippen LogP contribution in [0.4, 0.5) is 10.1 Å². The molecule has 2 aliphatic heterocycles. The van der Waals surface area contributed by atoms with Crippen LogP contribution in [0.25, 0.3) is 6.08 Å². The summed E-state index contributed by atoms with van der Waals surface area (Å²) in [6.07, 6.45) is 2.71. The van der Waals surface area contributed by atoms with Crippen molar-refractivity contribution in [1.82, 2.24) is 9.80 Å². The van der Waals surface area contributed by atoms with Crippen LogP contribution in [0.15, 0.2) is 78.4 Å². The second kappa shape index (κ2) is 12.2. The second-order valence-electron chi connectivity index (χ2n) is 9.85. The van der Waals surface area contributed by atoms with Gasteiger partial charge in [0.15, 0.2) is 0 Å². The van der Waals surface area contributed by atoms with Crippen LogP contribution in [-0.2, 0) is 9.59 Å². The molecule has 0 N–H and O–H groups in total. The van der Waals surface area contributed by atoms with Gasteiger partial charge in [-0.2, -0.15) is 0 Å². The summed E-state index contributed by atoms with van der Waals surface area (Å²) in [6.45, 7) is 6.03. The Labute approximate surface area is 228 Å². The molecule has 3 aromatic carbocycles. The van der Waals surface area contributed by atoms with Gasteiger partial charge in [-0.05, 0) is 85.8 Å². The van der Waals surface area contributed by atoms with Gasteiger partial charge in [0.1, 0.15) is 23.1 Å². The van der Waals surface area contributed by atoms with Gasteiger partial charge in [0.05, 0.1) is 18.7 Å². The summed E-state index contributed by atoms with van der Waals surface area (Å²) in [5.74, 6) is 0.911. The minimum absolute atomic E-state index is 0.0389. The van der Waals surface area contributed by atoms with E-state index in [9.17, 15) is 14.0 Å². The molecule has 5 rings (SSSR count). The van der Waals surface area contributed by atoms with E-state index in [0.29, 0.717) is 29.4 Å². The normalized spacial score (nSPS) is 17.7. The van der Waals surface area contributed by atoms with Gasteiger partial charge in [-0.1, -0.05) is 12.1 Å². The highest BCUT2D eigenvalue weighted by atomic mass is 19.1. The summed E-state index contributed by atoms with van der Waals surface area (Å²) in [4.78, 5) is 31.8. The predicted octanol–water partition coefficient (Wildman–Crippen LogP) is 4.98. The first-order valence-corrected chi connectivity index (χ1v) is 13.2. The third kappa shape index (κ3) is 6.90. The van der Waals surface area contributed by atoms with E-state index in [-0.39, 0.29) is 24.1 Å². The lowest BCUT2D eigenvalue weighted by molar-refractivity contribution is -0.120. The summed E-state index contributed by atoms with van der Waals surface area (Å²) in [7, 11) is 2.15. The van der Waals surface area contributed by atoms with E-state index in [2.05, 4.69) is 16.8 Å². The van der Waals surface area contributed by atoms with Crippen molar-refractivity contribution in [2.24, 2.45) is 0 Å². The Balaban J connectivity index is 1.14. The van der Waals surface area contributed by atoms with Gasteiger partial charge in [0, 0.05) is 38.3 Å². The predicted molar refractivity (Wildman–Crippen MR) is 148 cm³/mol. The molecule has 0 spiro atoms. The molecule has 0 atom stereocenters. The fourth-order valence-corrected chi connectivity index (χ4v) is 4.66. The number of piperazine rings is 1. The minimum Gasteiger partial charge on any atom is -0.494 e. The van der Waals surface area contributed by atoms with Crippen LogP contribution in [0.2, 0.25) is 0 Å². The molecule has 2 saturated heterocycles. The number of rotatable bonds is 9. The number of amides is 2. The van der Waals surface area contributed by atoms with Crippen molar-refractivity contribution < 1.29 is 23.5 Å². The highest BCUT2D eigenvalue weighted by molar-refractivity contribution is 6.29. The molecule has 39 heavy (non-hydrogen) atoms. The fraction of sp³-hybridized carbons (Fsp3) is 0.290. The smallest absolute Gasteiger partial charge is 0.261 e. The lowest BCUT2D eigenvalue weighted by atomic mass is 10.1. The van der Waals surface area contributed by atoms with E-state index < -0.39 is 0 Å². The first-order chi connectivity index (χ1) is 18.9. The monoisotopic (exact) mass is 529 g/mol. The Morgan fingerprint density at radius 3 is 2.10 bits per heavy atom. The maximum atomic E-state index is 13.1. The molecule has 8 heteroatoms. The van der Waals surface area contributed by atoms with Crippen molar-refractivity contribution in [2.75, 3.05) is 51.3 Å². The molecule has 0 saturated carbocycles. The van der Waals surface area contributed by atoms with Crippen LogP contribution in [-0.4, -0.2) is 68.0 Å². The largest absolute Gasteiger partial charge is 0.494 e. The van der Waals surface area contributed by atoms with Gasteiger partial charge in [0.2, 0.25) is 5.91 Å². The fourth-order valence-electron chi connectivity index (χ4n) is 4.66. The molecule has 2 fully saturated rings. The zero-order chi connectivity index (χ0) is 27.2. The lowest BCUT2D eigenvalue weighted by Gasteiger charge is -2.32. The zero-order valence-electron chi connectivity index (χ0n) is 22.0. The van der Waals surface area contributed by atoms with Crippen molar-refractivity contribution in [3.63, 3.8) is 0 Å². The first-order valence-electron chi connectivity index (χ1n) is 13.2. The molecular weight excluding hydrogens is 497 g/mol. The second-order valence-corrected chi connectivity index (χ2v) is 9.85. The molecule has 0 radical (unpaired) electrons. The number of anilines is 1. The van der Waals surface area contributed by atoms with E-state index >= 15 is 0 Å². The molecule has 2 amide bonds. The number of benzene rings is 3. The van der Waals surface area contributed by atoms with E-state index in [0.717, 1.165) is 50.5 Å². The van der Waals surface area contributed by atoms with E-state index in [4.69, 9.17) is 9.47 Å². The summed E-state index contributed by atoms with van der Waals surface area (Å²) in [5, 5.41) is 0. The Bertz CT molecular complexity index is 1320. The number of imide groups is 1. The van der Waals surface area contributed by atoms with Crippen LogP contribution in [0, 0.1) is 5.82 Å². The number of likely N-dealkylation sites (N-methyl/N-ethyl adjacent to an activating group) is 1. The summed E-state index contributed by atoms with van der Waals surface area (Å²) < 4.78 is 24.7. The number of carbonyl (C=O) groups excluding carboxylic acids is 2. The number of halogens is 1. The van der Waals surface area contributed by atoms with Crippen LogP contribution >= 0.6 is 0 Å². The average Bonchev–Trinajstić information content (AvgIpc) is 3.22. The standard InChI is InChI=1S/C31H32FN3O4/c1-33-16-18-34(19-17-33)15-2-20-38-27-13-7-26(8-14-27)35-30(36)22-24(31(35)37)21-23-3-9-28(10-4-23)39-29-11-5-25(32)6-12-29/h3-14,21H,2,15-20,22H2,1H3. The third-order valence-electron chi connectivity index (χ3n) is 6.92. The van der Waals surface area contributed by atoms with Crippen LogP contribution < -0.4 is 14.4 Å². The molecule has 0 aliphatic carbocycles. The maximum Gasteiger partial charge on any atom is 0.261 e. The molecule has 0 bridgehead atoms. The van der Waals surface area contributed by atoms with Crippen molar-refractivity contribution in [1.29, 1.82) is 0 Å². The van der Waals surface area contributed by atoms with Gasteiger partial charge >= 0.3 is 0 Å².